The van der Waals surface area contributed by atoms with E-state index < -0.39 is 6.10 Å². The van der Waals surface area contributed by atoms with E-state index in [1.807, 2.05) is 6.07 Å². The summed E-state index contributed by atoms with van der Waals surface area (Å²) in [6, 6.07) is 5.28. The predicted molar refractivity (Wildman–Crippen MR) is 46.0 cm³/mol. The first kappa shape index (κ1) is 9.49. The second-order valence-electron chi connectivity index (χ2n) is 2.47. The standard InChI is InChI=1S/C9H10N2O2/c1-13-8-3-2-6-11-9(8)7(12)4-5-10/h2-3,6-7,12H,4H2,1H3. The maximum Gasteiger partial charge on any atom is 0.143 e. The first-order valence-corrected chi connectivity index (χ1v) is 3.83. The molecule has 0 fully saturated rings. The Kier molecular flexibility index (Phi) is 3.23. The fraction of sp³-hybridized carbons (Fsp3) is 0.333. The van der Waals surface area contributed by atoms with Crippen LogP contribution >= 0.6 is 0 Å². The second kappa shape index (κ2) is 4.43. The Balaban J connectivity index is 2.93. The minimum Gasteiger partial charge on any atom is -0.495 e. The van der Waals surface area contributed by atoms with Crippen molar-refractivity contribution in [1.82, 2.24) is 4.98 Å². The van der Waals surface area contributed by atoms with E-state index in [4.69, 9.17) is 10.00 Å². The summed E-state index contributed by atoms with van der Waals surface area (Å²) in [7, 11) is 1.50. The molecule has 0 aliphatic carbocycles. The van der Waals surface area contributed by atoms with Crippen LogP contribution in [0.3, 0.4) is 0 Å². The van der Waals surface area contributed by atoms with Gasteiger partial charge in [-0.1, -0.05) is 0 Å². The van der Waals surface area contributed by atoms with Crippen LogP contribution in [0, 0.1) is 11.3 Å². The fourth-order valence-electron chi connectivity index (χ4n) is 1.01. The maximum atomic E-state index is 9.47. The Morgan fingerprint density at radius 1 is 1.77 bits per heavy atom. The Bertz CT molecular complexity index is 320. The molecule has 1 N–H and O–H groups in total. The molecule has 1 aromatic heterocycles. The monoisotopic (exact) mass is 178 g/mol. The normalized spacial score (nSPS) is 11.8. The smallest absolute Gasteiger partial charge is 0.143 e. The van der Waals surface area contributed by atoms with E-state index in [-0.39, 0.29) is 6.42 Å². The van der Waals surface area contributed by atoms with Gasteiger partial charge in [0, 0.05) is 6.20 Å². The third-order valence-corrected chi connectivity index (χ3v) is 1.62. The number of pyridine rings is 1. The molecule has 1 heterocycles. The third-order valence-electron chi connectivity index (χ3n) is 1.62. The van der Waals surface area contributed by atoms with Crippen LogP contribution in [0.4, 0.5) is 0 Å². The second-order valence-corrected chi connectivity index (χ2v) is 2.47. The molecule has 68 valence electrons. The molecule has 1 rings (SSSR count). The molecule has 13 heavy (non-hydrogen) atoms. The van der Waals surface area contributed by atoms with Crippen molar-refractivity contribution in [3.05, 3.63) is 24.0 Å². The van der Waals surface area contributed by atoms with Crippen LogP contribution in [0.25, 0.3) is 0 Å². The topological polar surface area (TPSA) is 66.1 Å². The van der Waals surface area contributed by atoms with Gasteiger partial charge in [0.05, 0.1) is 19.6 Å². The molecule has 0 aliphatic heterocycles. The van der Waals surface area contributed by atoms with Crippen molar-refractivity contribution >= 4 is 0 Å². The summed E-state index contributed by atoms with van der Waals surface area (Å²) in [5.74, 6) is 0.505. The summed E-state index contributed by atoms with van der Waals surface area (Å²) >= 11 is 0. The number of aromatic nitrogens is 1. The molecule has 0 bridgehead atoms. The average molecular weight is 178 g/mol. The lowest BCUT2D eigenvalue weighted by Gasteiger charge is -2.09. The number of rotatable bonds is 3. The summed E-state index contributed by atoms with van der Waals surface area (Å²) < 4.78 is 4.98. The van der Waals surface area contributed by atoms with Crippen molar-refractivity contribution in [3.63, 3.8) is 0 Å². The zero-order valence-electron chi connectivity index (χ0n) is 7.27. The van der Waals surface area contributed by atoms with Crippen LogP contribution in [-0.2, 0) is 0 Å². The van der Waals surface area contributed by atoms with Gasteiger partial charge in [0.25, 0.3) is 0 Å². The first-order valence-electron chi connectivity index (χ1n) is 3.83. The highest BCUT2D eigenvalue weighted by Crippen LogP contribution is 2.23. The SMILES string of the molecule is COc1cccnc1C(O)CC#N. The van der Waals surface area contributed by atoms with Crippen molar-refractivity contribution in [1.29, 1.82) is 5.26 Å². The molecule has 0 saturated carbocycles. The van der Waals surface area contributed by atoms with Crippen molar-refractivity contribution in [3.8, 4) is 11.8 Å². The highest BCUT2D eigenvalue weighted by atomic mass is 16.5. The lowest BCUT2D eigenvalue weighted by molar-refractivity contribution is 0.173. The molecule has 0 aromatic carbocycles. The number of hydrogen-bond acceptors (Lipinski definition) is 4. The molecular formula is C9H10N2O2. The number of nitriles is 1. The van der Waals surface area contributed by atoms with Crippen LogP contribution in [0.1, 0.15) is 18.2 Å². The zero-order chi connectivity index (χ0) is 9.68. The van der Waals surface area contributed by atoms with Crippen molar-refractivity contribution in [2.45, 2.75) is 12.5 Å². The molecule has 0 saturated heterocycles. The summed E-state index contributed by atoms with van der Waals surface area (Å²) in [6.07, 6.45) is 0.701. The molecular weight excluding hydrogens is 168 g/mol. The van der Waals surface area contributed by atoms with Gasteiger partial charge in [-0.15, -0.1) is 0 Å². The summed E-state index contributed by atoms with van der Waals surface area (Å²) in [4.78, 5) is 3.94. The van der Waals surface area contributed by atoms with Gasteiger partial charge in [0.1, 0.15) is 17.5 Å². The van der Waals surface area contributed by atoms with Gasteiger partial charge in [-0.2, -0.15) is 5.26 Å². The number of aliphatic hydroxyl groups is 1. The molecule has 4 heteroatoms. The lowest BCUT2D eigenvalue weighted by atomic mass is 10.1. The number of aliphatic hydroxyl groups excluding tert-OH is 1. The Morgan fingerprint density at radius 2 is 2.54 bits per heavy atom. The van der Waals surface area contributed by atoms with Crippen LogP contribution in [0.5, 0.6) is 5.75 Å². The largest absolute Gasteiger partial charge is 0.495 e. The van der Waals surface area contributed by atoms with Crippen LogP contribution in [0.2, 0.25) is 0 Å². The van der Waals surface area contributed by atoms with Gasteiger partial charge >= 0.3 is 0 Å². The van der Waals surface area contributed by atoms with E-state index in [1.54, 1.807) is 18.3 Å². The van der Waals surface area contributed by atoms with Gasteiger partial charge in [0.2, 0.25) is 0 Å². The zero-order valence-corrected chi connectivity index (χ0v) is 7.27. The molecule has 0 spiro atoms. The number of hydrogen-bond donors (Lipinski definition) is 1. The van der Waals surface area contributed by atoms with Crippen molar-refractivity contribution < 1.29 is 9.84 Å². The highest BCUT2D eigenvalue weighted by Gasteiger charge is 2.13. The van der Waals surface area contributed by atoms with Crippen LogP contribution < -0.4 is 4.74 Å². The van der Waals surface area contributed by atoms with Gasteiger partial charge in [-0.05, 0) is 12.1 Å². The van der Waals surface area contributed by atoms with Crippen LogP contribution in [0.15, 0.2) is 18.3 Å². The number of nitrogens with zero attached hydrogens (tertiary/aromatic N) is 2. The van der Waals surface area contributed by atoms with Gasteiger partial charge in [0.15, 0.2) is 0 Å². The summed E-state index contributed by atoms with van der Waals surface area (Å²) in [5.41, 5.74) is 0.409. The number of methoxy groups -OCH3 is 1. The molecule has 0 aliphatic rings. The summed E-state index contributed by atoms with van der Waals surface area (Å²) in [5, 5.41) is 17.9. The van der Waals surface area contributed by atoms with E-state index in [9.17, 15) is 5.11 Å². The summed E-state index contributed by atoms with van der Waals surface area (Å²) in [6.45, 7) is 0. The molecule has 1 unspecified atom stereocenters. The predicted octanol–water partition coefficient (Wildman–Crippen LogP) is 1.04. The van der Waals surface area contributed by atoms with E-state index in [0.29, 0.717) is 11.4 Å². The van der Waals surface area contributed by atoms with E-state index >= 15 is 0 Å². The van der Waals surface area contributed by atoms with Crippen molar-refractivity contribution in [2.24, 2.45) is 0 Å². The lowest BCUT2D eigenvalue weighted by Crippen LogP contribution is -2.02. The van der Waals surface area contributed by atoms with Crippen LogP contribution in [-0.4, -0.2) is 17.2 Å². The quantitative estimate of drug-likeness (QED) is 0.750. The Hall–Kier alpha value is -1.60. The Morgan fingerprint density at radius 3 is 3.15 bits per heavy atom. The fourth-order valence-corrected chi connectivity index (χ4v) is 1.01. The van der Waals surface area contributed by atoms with Crippen molar-refractivity contribution in [2.75, 3.05) is 7.11 Å². The van der Waals surface area contributed by atoms with E-state index in [2.05, 4.69) is 4.98 Å². The molecule has 0 amide bonds. The average Bonchev–Trinajstić information content (AvgIpc) is 2.18. The van der Waals surface area contributed by atoms with Gasteiger partial charge in [-0.25, -0.2) is 0 Å². The maximum absolute atomic E-state index is 9.47. The minimum atomic E-state index is -0.874. The van der Waals surface area contributed by atoms with Gasteiger partial charge in [-0.3, -0.25) is 4.98 Å². The number of ether oxygens (including phenoxy) is 1. The highest BCUT2D eigenvalue weighted by molar-refractivity contribution is 5.28. The minimum absolute atomic E-state index is 0.0212. The third kappa shape index (κ3) is 2.17. The van der Waals surface area contributed by atoms with Gasteiger partial charge < -0.3 is 9.84 Å². The Labute approximate surface area is 76.4 Å². The van der Waals surface area contributed by atoms with E-state index in [1.165, 1.54) is 7.11 Å². The molecule has 1 aromatic rings. The first-order chi connectivity index (χ1) is 6.29. The molecule has 4 nitrogen and oxygen atoms in total. The van der Waals surface area contributed by atoms with E-state index in [0.717, 1.165) is 0 Å². The molecule has 1 atom stereocenters. The molecule has 0 radical (unpaired) electrons.